The fraction of sp³-hybridized carbons (Fsp3) is 1.00. The number of fused-ring (bicyclic) bond motifs is 2. The second-order valence-corrected chi connectivity index (χ2v) is 10.2. The zero-order valence-electron chi connectivity index (χ0n) is 13.9. The molecule has 4 saturated carbocycles. The van der Waals surface area contributed by atoms with Crippen molar-refractivity contribution in [3.8, 4) is 0 Å². The van der Waals surface area contributed by atoms with Crippen molar-refractivity contribution >= 4 is 0 Å². The summed E-state index contributed by atoms with van der Waals surface area (Å²) < 4.78 is 0. The van der Waals surface area contributed by atoms with Crippen molar-refractivity contribution in [3.63, 3.8) is 0 Å². The van der Waals surface area contributed by atoms with Gasteiger partial charge in [0, 0.05) is 0 Å². The number of rotatable bonds is 0. The van der Waals surface area contributed by atoms with Crippen molar-refractivity contribution in [2.75, 3.05) is 0 Å². The van der Waals surface area contributed by atoms with Crippen LogP contribution >= 0.6 is 0 Å². The molecule has 0 radical (unpaired) electrons. The average Bonchev–Trinajstić information content (AvgIpc) is 2.04. The van der Waals surface area contributed by atoms with Gasteiger partial charge in [-0.2, -0.15) is 0 Å². The van der Waals surface area contributed by atoms with Gasteiger partial charge in [-0.3, -0.25) is 0 Å². The fourth-order valence-corrected chi connectivity index (χ4v) is 7.41. The van der Waals surface area contributed by atoms with E-state index in [0.29, 0.717) is 5.92 Å². The number of aliphatic hydroxyl groups excluding tert-OH is 2. The number of aliphatic hydroxyl groups is 2. The normalized spacial score (nSPS) is 53.2. The molecule has 1 spiro atoms. The van der Waals surface area contributed by atoms with Gasteiger partial charge in [0.05, 0.1) is 12.2 Å². The van der Waals surface area contributed by atoms with Crippen LogP contribution in [-0.4, -0.2) is 22.4 Å². The maximum absolute atomic E-state index is 10.8. The Bertz CT molecular complexity index is 407. The van der Waals surface area contributed by atoms with E-state index >= 15 is 0 Å². The van der Waals surface area contributed by atoms with Crippen LogP contribution in [0, 0.1) is 27.6 Å². The molecule has 0 saturated heterocycles. The van der Waals surface area contributed by atoms with Crippen LogP contribution in [0.25, 0.3) is 0 Å². The third-order valence-corrected chi connectivity index (χ3v) is 6.51. The van der Waals surface area contributed by atoms with E-state index < -0.39 is 0 Å². The van der Waals surface area contributed by atoms with Crippen LogP contribution in [-0.2, 0) is 0 Å². The van der Waals surface area contributed by atoms with Crippen molar-refractivity contribution in [1.82, 2.24) is 0 Å². The zero-order chi connectivity index (χ0) is 15.0. The predicted molar refractivity (Wildman–Crippen MR) is 81.3 cm³/mol. The third kappa shape index (κ3) is 2.14. The highest BCUT2D eigenvalue weighted by Crippen LogP contribution is 2.70. The van der Waals surface area contributed by atoms with E-state index in [2.05, 4.69) is 34.6 Å². The first-order chi connectivity index (χ1) is 8.97. The van der Waals surface area contributed by atoms with Crippen LogP contribution < -0.4 is 0 Å². The first kappa shape index (κ1) is 14.8. The summed E-state index contributed by atoms with van der Waals surface area (Å²) in [5.41, 5.74) is 0.791. The molecule has 4 fully saturated rings. The molecular formula is C18H32O2. The molecule has 0 amide bonds. The summed E-state index contributed by atoms with van der Waals surface area (Å²) in [6, 6.07) is 0. The van der Waals surface area contributed by atoms with E-state index in [1.807, 2.05) is 0 Å². The molecule has 116 valence electrons. The number of hydrogen-bond donors (Lipinski definition) is 2. The first-order valence-electron chi connectivity index (χ1n) is 8.33. The molecule has 2 bridgehead atoms. The van der Waals surface area contributed by atoms with Crippen molar-refractivity contribution < 1.29 is 10.2 Å². The van der Waals surface area contributed by atoms with E-state index in [0.717, 1.165) is 25.7 Å². The summed E-state index contributed by atoms with van der Waals surface area (Å²) in [5, 5.41) is 21.2. The third-order valence-electron chi connectivity index (χ3n) is 6.51. The smallest absolute Gasteiger partial charge is 0.0584 e. The van der Waals surface area contributed by atoms with Gasteiger partial charge >= 0.3 is 0 Å². The standard InChI is InChI=1S/C18H32O2/c1-15(2)6-12(19)7-18(9-15)11-17(5)8-13(20)14(18)16(3,4)10-17/h12-14,19-20H,6-11H2,1-5H3/t12-,13?,14+,17-,18?/m0/s1. The summed E-state index contributed by atoms with van der Waals surface area (Å²) in [6.45, 7) is 11.6. The Hall–Kier alpha value is -0.0800. The SMILES string of the molecule is CC1(C)C[C@H](O)CC2(C1)C[C@@]1(C)CC(O)[C@@H]2C(C)(C)C1. The lowest BCUT2D eigenvalue weighted by Crippen LogP contribution is -2.63. The quantitative estimate of drug-likeness (QED) is 0.709. The van der Waals surface area contributed by atoms with Gasteiger partial charge in [-0.1, -0.05) is 34.6 Å². The van der Waals surface area contributed by atoms with Crippen LogP contribution in [0.15, 0.2) is 0 Å². The van der Waals surface area contributed by atoms with Gasteiger partial charge in [-0.05, 0) is 66.1 Å². The maximum atomic E-state index is 10.8. The van der Waals surface area contributed by atoms with Crippen LogP contribution in [0.3, 0.4) is 0 Å². The summed E-state index contributed by atoms with van der Waals surface area (Å²) >= 11 is 0. The molecule has 2 unspecified atom stereocenters. The van der Waals surface area contributed by atoms with E-state index in [1.165, 1.54) is 12.8 Å². The van der Waals surface area contributed by atoms with E-state index in [-0.39, 0.29) is 33.9 Å². The van der Waals surface area contributed by atoms with Gasteiger partial charge < -0.3 is 10.2 Å². The van der Waals surface area contributed by atoms with Crippen LogP contribution in [0.5, 0.6) is 0 Å². The Morgan fingerprint density at radius 1 is 0.800 bits per heavy atom. The molecule has 0 heterocycles. The van der Waals surface area contributed by atoms with Gasteiger partial charge in [-0.15, -0.1) is 0 Å². The average molecular weight is 280 g/mol. The summed E-state index contributed by atoms with van der Waals surface area (Å²) in [6.07, 6.45) is 5.98. The predicted octanol–water partition coefficient (Wildman–Crippen LogP) is 3.75. The van der Waals surface area contributed by atoms with Crippen LogP contribution in [0.4, 0.5) is 0 Å². The van der Waals surface area contributed by atoms with Gasteiger partial charge in [0.2, 0.25) is 0 Å². The Morgan fingerprint density at radius 3 is 1.95 bits per heavy atom. The monoisotopic (exact) mass is 280 g/mol. The van der Waals surface area contributed by atoms with Gasteiger partial charge in [0.1, 0.15) is 0 Å². The van der Waals surface area contributed by atoms with Gasteiger partial charge in [0.25, 0.3) is 0 Å². The van der Waals surface area contributed by atoms with E-state index in [1.54, 1.807) is 0 Å². The highest BCUT2D eigenvalue weighted by atomic mass is 16.3. The Kier molecular flexibility index (Phi) is 2.98. The maximum Gasteiger partial charge on any atom is 0.0584 e. The van der Waals surface area contributed by atoms with Crippen molar-refractivity contribution in [1.29, 1.82) is 0 Å². The minimum atomic E-state index is -0.190. The molecular weight excluding hydrogens is 248 g/mol. The highest BCUT2D eigenvalue weighted by molar-refractivity contribution is 5.14. The molecule has 2 heteroatoms. The molecule has 4 aliphatic carbocycles. The van der Waals surface area contributed by atoms with Crippen molar-refractivity contribution in [2.24, 2.45) is 27.6 Å². The fourth-order valence-electron chi connectivity index (χ4n) is 7.41. The summed E-state index contributed by atoms with van der Waals surface area (Å²) in [4.78, 5) is 0. The van der Waals surface area contributed by atoms with E-state index in [9.17, 15) is 10.2 Å². The Morgan fingerprint density at radius 2 is 1.45 bits per heavy atom. The summed E-state index contributed by atoms with van der Waals surface area (Å²) in [7, 11) is 0. The van der Waals surface area contributed by atoms with Crippen molar-refractivity contribution in [2.45, 2.75) is 85.4 Å². The molecule has 20 heavy (non-hydrogen) atoms. The Balaban J connectivity index is 2.04. The highest BCUT2D eigenvalue weighted by Gasteiger charge is 2.64. The lowest BCUT2D eigenvalue weighted by molar-refractivity contribution is -0.225. The van der Waals surface area contributed by atoms with Gasteiger partial charge in [-0.25, -0.2) is 0 Å². The van der Waals surface area contributed by atoms with Crippen molar-refractivity contribution in [3.05, 3.63) is 0 Å². The molecule has 0 aromatic carbocycles. The Labute approximate surface area is 124 Å². The second-order valence-electron chi connectivity index (χ2n) is 10.2. The first-order valence-corrected chi connectivity index (χ1v) is 8.33. The molecule has 5 atom stereocenters. The zero-order valence-corrected chi connectivity index (χ0v) is 13.9. The second kappa shape index (κ2) is 4.01. The molecule has 0 aromatic rings. The van der Waals surface area contributed by atoms with E-state index in [4.69, 9.17) is 0 Å². The minimum absolute atomic E-state index is 0.148. The van der Waals surface area contributed by atoms with Crippen LogP contribution in [0.1, 0.15) is 73.1 Å². The van der Waals surface area contributed by atoms with Gasteiger partial charge in [0.15, 0.2) is 0 Å². The molecule has 0 aliphatic heterocycles. The molecule has 4 aliphatic rings. The number of hydrogen-bond acceptors (Lipinski definition) is 2. The largest absolute Gasteiger partial charge is 0.393 e. The molecule has 2 nitrogen and oxygen atoms in total. The lowest BCUT2D eigenvalue weighted by atomic mass is 9.38. The minimum Gasteiger partial charge on any atom is -0.393 e. The lowest BCUT2D eigenvalue weighted by Gasteiger charge is -2.68. The molecule has 4 rings (SSSR count). The van der Waals surface area contributed by atoms with Crippen LogP contribution in [0.2, 0.25) is 0 Å². The summed E-state index contributed by atoms with van der Waals surface area (Å²) in [5.74, 6) is 0.353. The topological polar surface area (TPSA) is 40.5 Å². The molecule has 0 aromatic heterocycles. The molecule has 2 N–H and O–H groups in total.